The quantitative estimate of drug-likeness (QED) is 0.669. The van der Waals surface area contributed by atoms with Crippen LogP contribution in [0.4, 0.5) is 5.13 Å². The molecule has 150 valence electrons. The molecule has 0 unspecified atom stereocenters. The van der Waals surface area contributed by atoms with E-state index in [-0.39, 0.29) is 5.91 Å². The number of nitrogens with one attached hydrogen (secondary N) is 1. The lowest BCUT2D eigenvalue weighted by molar-refractivity contribution is 0.0347. The predicted octanol–water partition coefficient (Wildman–Crippen LogP) is 3.90. The molecule has 0 bridgehead atoms. The SMILES string of the molecule is COc1cccc(C(=O)Nc2nc(-c3ccccc3)c(CN3CCOCC3)s2)c1. The first-order valence-corrected chi connectivity index (χ1v) is 10.4. The van der Waals surface area contributed by atoms with E-state index in [1.807, 2.05) is 36.4 Å². The Morgan fingerprint density at radius 1 is 1.17 bits per heavy atom. The number of carbonyl (C=O) groups excluding carboxylic acids is 1. The van der Waals surface area contributed by atoms with Crippen molar-refractivity contribution in [2.75, 3.05) is 38.7 Å². The van der Waals surface area contributed by atoms with Crippen molar-refractivity contribution >= 4 is 22.4 Å². The summed E-state index contributed by atoms with van der Waals surface area (Å²) >= 11 is 1.52. The molecule has 0 atom stereocenters. The Morgan fingerprint density at radius 3 is 2.72 bits per heavy atom. The van der Waals surface area contributed by atoms with Crippen molar-refractivity contribution in [3.8, 4) is 17.0 Å². The molecule has 1 aliphatic heterocycles. The monoisotopic (exact) mass is 409 g/mol. The standard InChI is InChI=1S/C22H23N3O3S/c1-27-18-9-5-8-17(14-18)21(26)24-22-23-20(16-6-3-2-4-7-16)19(29-22)15-25-10-12-28-13-11-25/h2-9,14H,10-13,15H2,1H3,(H,23,24,26). The molecule has 1 amide bonds. The van der Waals surface area contributed by atoms with Gasteiger partial charge < -0.3 is 9.47 Å². The Balaban J connectivity index is 1.59. The van der Waals surface area contributed by atoms with Crippen LogP contribution in [-0.4, -0.2) is 49.2 Å². The second-order valence-corrected chi connectivity index (χ2v) is 7.82. The van der Waals surface area contributed by atoms with Gasteiger partial charge in [0.25, 0.3) is 5.91 Å². The molecule has 0 spiro atoms. The molecule has 0 radical (unpaired) electrons. The Labute approximate surface area is 174 Å². The number of anilines is 1. The molecule has 6 nitrogen and oxygen atoms in total. The Bertz CT molecular complexity index is 968. The van der Waals surface area contributed by atoms with Crippen LogP contribution in [-0.2, 0) is 11.3 Å². The molecule has 1 aromatic heterocycles. The maximum atomic E-state index is 12.7. The van der Waals surface area contributed by atoms with Gasteiger partial charge >= 0.3 is 0 Å². The van der Waals surface area contributed by atoms with Gasteiger partial charge in [-0.3, -0.25) is 15.0 Å². The van der Waals surface area contributed by atoms with Crippen LogP contribution in [0, 0.1) is 0 Å². The second kappa shape index (κ2) is 9.17. The molecule has 3 aromatic rings. The van der Waals surface area contributed by atoms with Crippen molar-refractivity contribution in [3.05, 3.63) is 65.0 Å². The highest BCUT2D eigenvalue weighted by Crippen LogP contribution is 2.32. The first-order chi connectivity index (χ1) is 14.2. The summed E-state index contributed by atoms with van der Waals surface area (Å²) in [4.78, 5) is 21.0. The van der Waals surface area contributed by atoms with Crippen LogP contribution in [0.1, 0.15) is 15.2 Å². The van der Waals surface area contributed by atoms with E-state index in [0.717, 1.165) is 49.0 Å². The number of morpholine rings is 1. The minimum absolute atomic E-state index is 0.199. The molecular weight excluding hydrogens is 386 g/mol. The number of rotatable bonds is 6. The summed E-state index contributed by atoms with van der Waals surface area (Å²) in [5, 5.41) is 3.54. The van der Waals surface area contributed by atoms with E-state index in [1.54, 1.807) is 25.3 Å². The van der Waals surface area contributed by atoms with Gasteiger partial charge in [-0.05, 0) is 18.2 Å². The van der Waals surface area contributed by atoms with Crippen molar-refractivity contribution in [1.82, 2.24) is 9.88 Å². The zero-order valence-electron chi connectivity index (χ0n) is 16.3. The summed E-state index contributed by atoms with van der Waals surface area (Å²) in [7, 11) is 1.59. The number of ether oxygens (including phenoxy) is 2. The lowest BCUT2D eigenvalue weighted by Gasteiger charge is -2.26. The number of hydrogen-bond acceptors (Lipinski definition) is 6. The third-order valence-corrected chi connectivity index (χ3v) is 5.72. The molecule has 1 aliphatic rings. The number of carbonyl (C=O) groups is 1. The van der Waals surface area contributed by atoms with Gasteiger partial charge in [-0.25, -0.2) is 4.98 Å². The van der Waals surface area contributed by atoms with Crippen LogP contribution < -0.4 is 10.1 Å². The number of thiazole rings is 1. The van der Waals surface area contributed by atoms with Crippen LogP contribution >= 0.6 is 11.3 Å². The van der Waals surface area contributed by atoms with Crippen LogP contribution in [0.25, 0.3) is 11.3 Å². The largest absolute Gasteiger partial charge is 0.497 e. The lowest BCUT2D eigenvalue weighted by Crippen LogP contribution is -2.35. The van der Waals surface area contributed by atoms with E-state index in [4.69, 9.17) is 14.5 Å². The molecule has 1 saturated heterocycles. The molecule has 1 fully saturated rings. The Morgan fingerprint density at radius 2 is 1.97 bits per heavy atom. The summed E-state index contributed by atoms with van der Waals surface area (Å²) in [5.41, 5.74) is 2.51. The minimum atomic E-state index is -0.199. The third kappa shape index (κ3) is 4.82. The smallest absolute Gasteiger partial charge is 0.257 e. The highest BCUT2D eigenvalue weighted by Gasteiger charge is 2.19. The number of nitrogens with zero attached hydrogens (tertiary/aromatic N) is 2. The molecule has 0 aliphatic carbocycles. The van der Waals surface area contributed by atoms with Gasteiger partial charge in [0.05, 0.1) is 26.0 Å². The fourth-order valence-electron chi connectivity index (χ4n) is 3.23. The van der Waals surface area contributed by atoms with Crippen LogP contribution in [0.15, 0.2) is 54.6 Å². The van der Waals surface area contributed by atoms with Crippen molar-refractivity contribution in [1.29, 1.82) is 0 Å². The maximum Gasteiger partial charge on any atom is 0.257 e. The van der Waals surface area contributed by atoms with E-state index in [9.17, 15) is 4.79 Å². The summed E-state index contributed by atoms with van der Waals surface area (Å²) < 4.78 is 10.7. The summed E-state index contributed by atoms with van der Waals surface area (Å²) in [6.45, 7) is 4.09. The molecule has 7 heteroatoms. The van der Waals surface area contributed by atoms with Crippen LogP contribution in [0.5, 0.6) is 5.75 Å². The average molecular weight is 410 g/mol. The molecule has 1 N–H and O–H groups in total. The molecule has 2 aromatic carbocycles. The van der Waals surface area contributed by atoms with Gasteiger partial charge in [0, 0.05) is 35.6 Å². The maximum absolute atomic E-state index is 12.7. The first kappa shape index (κ1) is 19.6. The van der Waals surface area contributed by atoms with E-state index in [1.165, 1.54) is 11.3 Å². The number of aromatic nitrogens is 1. The molecule has 4 rings (SSSR count). The second-order valence-electron chi connectivity index (χ2n) is 6.73. The molecule has 0 saturated carbocycles. The molecule has 29 heavy (non-hydrogen) atoms. The molecule has 2 heterocycles. The van der Waals surface area contributed by atoms with Gasteiger partial charge in [-0.2, -0.15) is 0 Å². The number of hydrogen-bond donors (Lipinski definition) is 1. The Kier molecular flexibility index (Phi) is 6.19. The van der Waals surface area contributed by atoms with Crippen molar-refractivity contribution in [2.45, 2.75) is 6.54 Å². The van der Waals surface area contributed by atoms with Gasteiger partial charge in [-0.15, -0.1) is 0 Å². The van der Waals surface area contributed by atoms with Crippen molar-refractivity contribution < 1.29 is 14.3 Å². The minimum Gasteiger partial charge on any atom is -0.497 e. The Hall–Kier alpha value is -2.74. The van der Waals surface area contributed by atoms with Gasteiger partial charge in [-0.1, -0.05) is 47.7 Å². The average Bonchev–Trinajstić information content (AvgIpc) is 3.17. The van der Waals surface area contributed by atoms with E-state index in [2.05, 4.69) is 10.2 Å². The topological polar surface area (TPSA) is 63.7 Å². The van der Waals surface area contributed by atoms with Gasteiger partial charge in [0.15, 0.2) is 5.13 Å². The van der Waals surface area contributed by atoms with Crippen molar-refractivity contribution in [3.63, 3.8) is 0 Å². The first-order valence-electron chi connectivity index (χ1n) is 9.53. The summed E-state index contributed by atoms with van der Waals surface area (Å²) in [6.07, 6.45) is 0. The van der Waals surface area contributed by atoms with E-state index < -0.39 is 0 Å². The van der Waals surface area contributed by atoms with E-state index in [0.29, 0.717) is 16.4 Å². The lowest BCUT2D eigenvalue weighted by atomic mass is 10.1. The predicted molar refractivity (Wildman–Crippen MR) is 115 cm³/mol. The van der Waals surface area contributed by atoms with Crippen LogP contribution in [0.2, 0.25) is 0 Å². The summed E-state index contributed by atoms with van der Waals surface area (Å²) in [6, 6.07) is 17.2. The zero-order chi connectivity index (χ0) is 20.1. The fraction of sp³-hybridized carbons (Fsp3) is 0.273. The number of amides is 1. The van der Waals surface area contributed by atoms with Gasteiger partial charge in [0.1, 0.15) is 5.75 Å². The number of methoxy groups -OCH3 is 1. The third-order valence-electron chi connectivity index (χ3n) is 4.77. The molecular formula is C22H23N3O3S. The normalized spacial score (nSPS) is 14.5. The van der Waals surface area contributed by atoms with Crippen LogP contribution in [0.3, 0.4) is 0 Å². The van der Waals surface area contributed by atoms with E-state index >= 15 is 0 Å². The summed E-state index contributed by atoms with van der Waals surface area (Å²) in [5.74, 6) is 0.449. The highest BCUT2D eigenvalue weighted by molar-refractivity contribution is 7.16. The van der Waals surface area contributed by atoms with Gasteiger partial charge in [0.2, 0.25) is 0 Å². The zero-order valence-corrected chi connectivity index (χ0v) is 17.1. The van der Waals surface area contributed by atoms with Crippen molar-refractivity contribution in [2.24, 2.45) is 0 Å². The number of benzene rings is 2. The highest BCUT2D eigenvalue weighted by atomic mass is 32.1. The fourth-order valence-corrected chi connectivity index (χ4v) is 4.25.